The predicted molar refractivity (Wildman–Crippen MR) is 88.5 cm³/mol. The Kier molecular flexibility index (Phi) is 4.58. The predicted octanol–water partition coefficient (Wildman–Crippen LogP) is 5.53. The maximum absolute atomic E-state index is 5.93. The van der Waals surface area contributed by atoms with Crippen LogP contribution in [0.25, 0.3) is 0 Å². The fourth-order valence-electron chi connectivity index (χ4n) is 2.18. The first-order valence-corrected chi connectivity index (χ1v) is 7.65. The fraction of sp³-hybridized carbons (Fsp3) is 0.389. The van der Waals surface area contributed by atoms with E-state index in [4.69, 9.17) is 16.3 Å². The second kappa shape index (κ2) is 6.07. The zero-order valence-electron chi connectivity index (χ0n) is 13.3. The Morgan fingerprint density at radius 3 is 2.38 bits per heavy atom. The topological polar surface area (TPSA) is 22.1 Å². The largest absolute Gasteiger partial charge is 0.439 e. The van der Waals surface area contributed by atoms with Gasteiger partial charge in [-0.2, -0.15) is 0 Å². The van der Waals surface area contributed by atoms with Crippen LogP contribution in [0.1, 0.15) is 43.2 Å². The van der Waals surface area contributed by atoms with E-state index < -0.39 is 0 Å². The second-order valence-corrected chi connectivity index (χ2v) is 6.69. The summed E-state index contributed by atoms with van der Waals surface area (Å²) in [7, 11) is 0. The van der Waals surface area contributed by atoms with Crippen molar-refractivity contribution >= 4 is 11.6 Å². The van der Waals surface area contributed by atoms with Crippen molar-refractivity contribution in [3.8, 4) is 11.6 Å². The molecule has 0 bridgehead atoms. The number of pyridine rings is 1. The number of alkyl halides is 1. The molecule has 0 saturated carbocycles. The van der Waals surface area contributed by atoms with E-state index in [1.807, 2.05) is 25.1 Å². The van der Waals surface area contributed by atoms with Gasteiger partial charge in [-0.15, -0.1) is 11.6 Å². The van der Waals surface area contributed by atoms with Crippen LogP contribution in [-0.4, -0.2) is 4.98 Å². The van der Waals surface area contributed by atoms with E-state index in [1.165, 1.54) is 5.56 Å². The molecule has 0 aliphatic heterocycles. The summed E-state index contributed by atoms with van der Waals surface area (Å²) in [6.45, 7) is 10.6. The van der Waals surface area contributed by atoms with Crippen molar-refractivity contribution in [1.82, 2.24) is 4.98 Å². The minimum atomic E-state index is 0.136. The first-order valence-electron chi connectivity index (χ1n) is 7.12. The van der Waals surface area contributed by atoms with E-state index in [0.717, 1.165) is 22.6 Å². The third kappa shape index (κ3) is 3.98. The lowest BCUT2D eigenvalue weighted by molar-refractivity contribution is 0.456. The van der Waals surface area contributed by atoms with Gasteiger partial charge < -0.3 is 4.74 Å². The lowest BCUT2D eigenvalue weighted by Gasteiger charge is -2.20. The average Bonchev–Trinajstić information content (AvgIpc) is 2.39. The number of rotatable bonds is 3. The van der Waals surface area contributed by atoms with Crippen LogP contribution in [0.5, 0.6) is 11.6 Å². The Labute approximate surface area is 132 Å². The molecule has 21 heavy (non-hydrogen) atoms. The van der Waals surface area contributed by atoms with Crippen LogP contribution in [0.15, 0.2) is 30.3 Å². The van der Waals surface area contributed by atoms with Crippen LogP contribution in [0.2, 0.25) is 0 Å². The Bertz CT molecular complexity index is 644. The van der Waals surface area contributed by atoms with Gasteiger partial charge in [0.05, 0.1) is 0 Å². The summed E-state index contributed by atoms with van der Waals surface area (Å²) in [5, 5.41) is 0. The van der Waals surface area contributed by atoms with Crippen LogP contribution >= 0.6 is 11.6 Å². The molecule has 1 aromatic heterocycles. The molecule has 2 rings (SSSR count). The number of aromatic nitrogens is 1. The van der Waals surface area contributed by atoms with Crippen LogP contribution in [0.3, 0.4) is 0 Å². The van der Waals surface area contributed by atoms with E-state index in [2.05, 4.69) is 44.8 Å². The van der Waals surface area contributed by atoms with Gasteiger partial charge in [-0.25, -0.2) is 4.98 Å². The molecule has 0 unspecified atom stereocenters. The highest BCUT2D eigenvalue weighted by Crippen LogP contribution is 2.30. The van der Waals surface area contributed by atoms with Gasteiger partial charge in [0.15, 0.2) is 0 Å². The molecule has 0 spiro atoms. The zero-order chi connectivity index (χ0) is 15.6. The minimum Gasteiger partial charge on any atom is -0.439 e. The summed E-state index contributed by atoms with van der Waals surface area (Å²) in [4.78, 5) is 4.41. The van der Waals surface area contributed by atoms with Gasteiger partial charge in [-0.05, 0) is 48.1 Å². The number of hydrogen-bond donors (Lipinski definition) is 0. The minimum absolute atomic E-state index is 0.136. The number of benzene rings is 1. The maximum Gasteiger partial charge on any atom is 0.219 e. The summed E-state index contributed by atoms with van der Waals surface area (Å²) in [6, 6.07) is 10.2. The highest BCUT2D eigenvalue weighted by molar-refractivity contribution is 6.17. The smallest absolute Gasteiger partial charge is 0.219 e. The number of aryl methyl sites for hydroxylation is 2. The quantitative estimate of drug-likeness (QED) is 0.696. The van der Waals surface area contributed by atoms with Crippen molar-refractivity contribution in [3.63, 3.8) is 0 Å². The summed E-state index contributed by atoms with van der Waals surface area (Å²) in [6.07, 6.45) is 0. The number of halogens is 1. The molecule has 112 valence electrons. The number of ether oxygens (including phenoxy) is 1. The first-order chi connectivity index (χ1) is 9.79. The molecule has 0 radical (unpaired) electrons. The molecule has 2 aromatic rings. The van der Waals surface area contributed by atoms with Gasteiger partial charge in [0.1, 0.15) is 5.75 Å². The number of hydrogen-bond acceptors (Lipinski definition) is 2. The molecule has 0 N–H and O–H groups in total. The van der Waals surface area contributed by atoms with Gasteiger partial charge in [0, 0.05) is 17.6 Å². The Balaban J connectivity index is 2.30. The normalized spacial score (nSPS) is 11.5. The van der Waals surface area contributed by atoms with Crippen molar-refractivity contribution in [2.45, 2.75) is 45.9 Å². The summed E-state index contributed by atoms with van der Waals surface area (Å²) < 4.78 is 5.93. The Morgan fingerprint density at radius 1 is 1.10 bits per heavy atom. The van der Waals surface area contributed by atoms with Gasteiger partial charge in [0.25, 0.3) is 0 Å². The van der Waals surface area contributed by atoms with Crippen LogP contribution < -0.4 is 4.74 Å². The molecule has 1 heterocycles. The highest BCUT2D eigenvalue weighted by atomic mass is 35.5. The molecule has 0 aliphatic rings. The van der Waals surface area contributed by atoms with Gasteiger partial charge in [-0.3, -0.25) is 0 Å². The van der Waals surface area contributed by atoms with Crippen LogP contribution in [0.4, 0.5) is 0 Å². The van der Waals surface area contributed by atoms with Gasteiger partial charge in [-0.1, -0.05) is 32.9 Å². The second-order valence-electron chi connectivity index (χ2n) is 6.42. The van der Waals surface area contributed by atoms with E-state index >= 15 is 0 Å². The van der Waals surface area contributed by atoms with Crippen molar-refractivity contribution < 1.29 is 4.74 Å². The molecule has 0 atom stereocenters. The van der Waals surface area contributed by atoms with Crippen molar-refractivity contribution in [1.29, 1.82) is 0 Å². The molecule has 0 aliphatic carbocycles. The maximum atomic E-state index is 5.93. The number of nitrogens with zero attached hydrogens (tertiary/aromatic N) is 1. The Morgan fingerprint density at radius 2 is 1.81 bits per heavy atom. The molecule has 3 heteroatoms. The third-order valence-corrected chi connectivity index (χ3v) is 3.71. The molecule has 1 aromatic carbocycles. The van der Waals surface area contributed by atoms with Gasteiger partial charge in [0.2, 0.25) is 5.88 Å². The van der Waals surface area contributed by atoms with Crippen molar-refractivity contribution in [2.75, 3.05) is 0 Å². The SMILES string of the molecule is Cc1cc(CCl)cc(Oc2ccc(C(C)(C)C)cc2C)n1. The lowest BCUT2D eigenvalue weighted by atomic mass is 9.86. The van der Waals surface area contributed by atoms with E-state index in [1.54, 1.807) is 0 Å². The lowest BCUT2D eigenvalue weighted by Crippen LogP contribution is -2.11. The fourth-order valence-corrected chi connectivity index (χ4v) is 2.33. The Hall–Kier alpha value is -1.54. The van der Waals surface area contributed by atoms with Crippen LogP contribution in [-0.2, 0) is 11.3 Å². The summed E-state index contributed by atoms with van der Waals surface area (Å²) in [5.74, 6) is 1.89. The summed E-state index contributed by atoms with van der Waals surface area (Å²) in [5.41, 5.74) is 4.47. The van der Waals surface area contributed by atoms with Crippen molar-refractivity contribution in [2.24, 2.45) is 0 Å². The van der Waals surface area contributed by atoms with Crippen LogP contribution in [0, 0.1) is 13.8 Å². The molecule has 2 nitrogen and oxygen atoms in total. The van der Waals surface area contributed by atoms with E-state index in [-0.39, 0.29) is 5.41 Å². The monoisotopic (exact) mass is 303 g/mol. The molecular weight excluding hydrogens is 282 g/mol. The van der Waals surface area contributed by atoms with Crippen molar-refractivity contribution in [3.05, 3.63) is 52.7 Å². The first kappa shape index (κ1) is 15.8. The molecular formula is C18H22ClNO. The molecule has 0 fully saturated rings. The van der Waals surface area contributed by atoms with E-state index in [9.17, 15) is 0 Å². The average molecular weight is 304 g/mol. The molecule has 0 saturated heterocycles. The molecule has 0 amide bonds. The highest BCUT2D eigenvalue weighted by Gasteiger charge is 2.15. The third-order valence-electron chi connectivity index (χ3n) is 3.40. The standard InChI is InChI=1S/C18H22ClNO/c1-12-8-15(18(3,4)5)6-7-16(12)21-17-10-14(11-19)9-13(2)20-17/h6-10H,11H2,1-5H3. The van der Waals surface area contributed by atoms with Gasteiger partial charge >= 0.3 is 0 Å². The summed E-state index contributed by atoms with van der Waals surface area (Å²) >= 11 is 5.89. The van der Waals surface area contributed by atoms with E-state index in [0.29, 0.717) is 11.8 Å². The zero-order valence-corrected chi connectivity index (χ0v) is 14.1.